The number of hydrogen-bond donors (Lipinski definition) is 1. The van der Waals surface area contributed by atoms with Gasteiger partial charge in [0.1, 0.15) is 6.54 Å². The summed E-state index contributed by atoms with van der Waals surface area (Å²) in [7, 11) is -3.50. The minimum absolute atomic E-state index is 0.187. The molecule has 5 nitrogen and oxygen atoms in total. The third-order valence-corrected chi connectivity index (χ3v) is 5.00. The van der Waals surface area contributed by atoms with Crippen molar-refractivity contribution in [3.63, 3.8) is 0 Å². The van der Waals surface area contributed by atoms with Crippen LogP contribution in [0.15, 0.2) is 30.3 Å². The number of unbranched alkanes of at least 4 members (excludes halogenated alkanes) is 1. The number of carbonyl (C=O) groups excluding carboxylic acids is 1. The van der Waals surface area contributed by atoms with Crippen molar-refractivity contribution in [1.29, 1.82) is 0 Å². The molecule has 0 aliphatic carbocycles. The molecular weight excluding hydrogens is 312 g/mol. The van der Waals surface area contributed by atoms with Gasteiger partial charge in [0.2, 0.25) is 15.9 Å². The second kappa shape index (κ2) is 9.55. The second-order valence-electron chi connectivity index (χ2n) is 5.83. The Morgan fingerprint density at radius 2 is 1.87 bits per heavy atom. The van der Waals surface area contributed by atoms with Gasteiger partial charge in [0.25, 0.3) is 0 Å². The quantitative estimate of drug-likeness (QED) is 0.712. The van der Waals surface area contributed by atoms with Gasteiger partial charge in [-0.15, -0.1) is 0 Å². The molecule has 1 aromatic carbocycles. The molecule has 0 aliphatic heterocycles. The molecule has 0 aromatic heterocycles. The van der Waals surface area contributed by atoms with Crippen molar-refractivity contribution in [3.8, 4) is 0 Å². The SMILES string of the molecule is CCCC[C@H](CC)CNC(=O)CN(c1ccccc1)S(C)(=O)=O. The summed E-state index contributed by atoms with van der Waals surface area (Å²) in [6.45, 7) is 4.67. The topological polar surface area (TPSA) is 66.5 Å². The van der Waals surface area contributed by atoms with E-state index in [1.807, 2.05) is 6.07 Å². The van der Waals surface area contributed by atoms with Crippen molar-refractivity contribution in [2.75, 3.05) is 23.7 Å². The first kappa shape index (κ1) is 19.5. The number of sulfonamides is 1. The lowest BCUT2D eigenvalue weighted by atomic mass is 9.99. The van der Waals surface area contributed by atoms with Gasteiger partial charge in [-0.3, -0.25) is 9.10 Å². The summed E-state index contributed by atoms with van der Waals surface area (Å²) < 4.78 is 25.0. The number of nitrogens with zero attached hydrogens (tertiary/aromatic N) is 1. The highest BCUT2D eigenvalue weighted by atomic mass is 32.2. The number of carbonyl (C=O) groups is 1. The fraction of sp³-hybridized carbons (Fsp3) is 0.588. The van der Waals surface area contributed by atoms with Gasteiger partial charge in [-0.25, -0.2) is 8.42 Å². The minimum atomic E-state index is -3.50. The maximum atomic E-state index is 12.2. The maximum absolute atomic E-state index is 12.2. The van der Waals surface area contributed by atoms with E-state index in [2.05, 4.69) is 19.2 Å². The average molecular weight is 340 g/mol. The van der Waals surface area contributed by atoms with Gasteiger partial charge in [-0.05, 0) is 24.5 Å². The van der Waals surface area contributed by atoms with Gasteiger partial charge in [0.05, 0.1) is 11.9 Å². The lowest BCUT2D eigenvalue weighted by Crippen LogP contribution is -2.41. The molecule has 6 heteroatoms. The van der Waals surface area contributed by atoms with E-state index in [1.165, 1.54) is 0 Å². The number of amides is 1. The molecule has 0 saturated heterocycles. The second-order valence-corrected chi connectivity index (χ2v) is 7.73. The summed E-state index contributed by atoms with van der Waals surface area (Å²) in [6, 6.07) is 8.69. The first-order valence-corrected chi connectivity index (χ1v) is 10.0. The molecule has 1 atom stereocenters. The number of hydrogen-bond acceptors (Lipinski definition) is 3. The van der Waals surface area contributed by atoms with Crippen LogP contribution >= 0.6 is 0 Å². The summed E-state index contributed by atoms with van der Waals surface area (Å²) >= 11 is 0. The van der Waals surface area contributed by atoms with E-state index in [4.69, 9.17) is 0 Å². The van der Waals surface area contributed by atoms with Crippen LogP contribution in [0, 0.1) is 5.92 Å². The predicted molar refractivity (Wildman–Crippen MR) is 94.9 cm³/mol. The normalized spacial score (nSPS) is 12.7. The Bertz CT molecular complexity index is 573. The van der Waals surface area contributed by atoms with E-state index < -0.39 is 10.0 Å². The number of para-hydroxylation sites is 1. The zero-order valence-corrected chi connectivity index (χ0v) is 15.1. The van der Waals surface area contributed by atoms with Gasteiger partial charge in [0.15, 0.2) is 0 Å². The summed E-state index contributed by atoms with van der Waals surface area (Å²) in [5.41, 5.74) is 0.503. The molecule has 1 aromatic rings. The Morgan fingerprint density at radius 3 is 2.39 bits per heavy atom. The zero-order chi connectivity index (χ0) is 17.3. The van der Waals surface area contributed by atoms with E-state index in [-0.39, 0.29) is 12.5 Å². The van der Waals surface area contributed by atoms with Crippen LogP contribution in [0.3, 0.4) is 0 Å². The van der Waals surface area contributed by atoms with E-state index in [9.17, 15) is 13.2 Å². The Kier molecular flexibility index (Phi) is 8.09. The smallest absolute Gasteiger partial charge is 0.240 e. The monoisotopic (exact) mass is 340 g/mol. The molecule has 0 unspecified atom stereocenters. The molecule has 0 spiro atoms. The van der Waals surface area contributed by atoms with Gasteiger partial charge >= 0.3 is 0 Å². The number of benzene rings is 1. The van der Waals surface area contributed by atoms with Crippen LogP contribution in [0.2, 0.25) is 0 Å². The van der Waals surface area contributed by atoms with Crippen LogP contribution in [-0.2, 0) is 14.8 Å². The van der Waals surface area contributed by atoms with Crippen molar-refractivity contribution >= 4 is 21.6 Å². The number of nitrogens with one attached hydrogen (secondary N) is 1. The fourth-order valence-electron chi connectivity index (χ4n) is 2.38. The molecular formula is C17H28N2O3S. The minimum Gasteiger partial charge on any atom is -0.354 e. The third kappa shape index (κ3) is 7.03. The predicted octanol–water partition coefficient (Wildman–Crippen LogP) is 2.79. The number of anilines is 1. The van der Waals surface area contributed by atoms with Gasteiger partial charge in [-0.2, -0.15) is 0 Å². The molecule has 1 N–H and O–H groups in total. The first-order valence-electron chi connectivity index (χ1n) is 8.17. The highest BCUT2D eigenvalue weighted by Crippen LogP contribution is 2.16. The molecule has 130 valence electrons. The molecule has 23 heavy (non-hydrogen) atoms. The van der Waals surface area contributed by atoms with Crippen molar-refractivity contribution in [3.05, 3.63) is 30.3 Å². The average Bonchev–Trinajstić information content (AvgIpc) is 2.52. The molecule has 0 fully saturated rings. The zero-order valence-electron chi connectivity index (χ0n) is 14.3. The molecule has 0 bridgehead atoms. The van der Waals surface area contributed by atoms with E-state index in [0.29, 0.717) is 18.2 Å². The maximum Gasteiger partial charge on any atom is 0.240 e. The highest BCUT2D eigenvalue weighted by molar-refractivity contribution is 7.92. The van der Waals surface area contributed by atoms with E-state index >= 15 is 0 Å². The molecule has 1 rings (SSSR count). The molecule has 0 radical (unpaired) electrons. The van der Waals surface area contributed by atoms with E-state index in [1.54, 1.807) is 24.3 Å². The lowest BCUT2D eigenvalue weighted by Gasteiger charge is -2.22. The van der Waals surface area contributed by atoms with Crippen LogP contribution in [0.25, 0.3) is 0 Å². The van der Waals surface area contributed by atoms with Crippen LogP contribution in [0.1, 0.15) is 39.5 Å². The van der Waals surface area contributed by atoms with Crippen LogP contribution in [0.4, 0.5) is 5.69 Å². The van der Waals surface area contributed by atoms with Crippen molar-refractivity contribution in [2.45, 2.75) is 39.5 Å². The van der Waals surface area contributed by atoms with Crippen molar-refractivity contribution in [1.82, 2.24) is 5.32 Å². The Morgan fingerprint density at radius 1 is 1.22 bits per heavy atom. The fourth-order valence-corrected chi connectivity index (χ4v) is 3.24. The Balaban J connectivity index is 2.65. The molecule has 0 saturated carbocycles. The van der Waals surface area contributed by atoms with Gasteiger partial charge < -0.3 is 5.32 Å². The summed E-state index contributed by atoms with van der Waals surface area (Å²) in [4.78, 5) is 12.2. The van der Waals surface area contributed by atoms with E-state index in [0.717, 1.165) is 36.2 Å². The molecule has 1 amide bonds. The van der Waals surface area contributed by atoms with Gasteiger partial charge in [0, 0.05) is 6.54 Å². The number of rotatable bonds is 10. The standard InChI is InChI=1S/C17H28N2O3S/c1-4-6-10-15(5-2)13-18-17(20)14-19(23(3,21)22)16-11-8-7-9-12-16/h7-9,11-12,15H,4-6,10,13-14H2,1-3H3,(H,18,20)/t15-/m0/s1. The summed E-state index contributed by atoms with van der Waals surface area (Å²) in [5.74, 6) is 0.177. The lowest BCUT2D eigenvalue weighted by molar-refractivity contribution is -0.119. The largest absolute Gasteiger partial charge is 0.354 e. The van der Waals surface area contributed by atoms with Gasteiger partial charge in [-0.1, -0.05) is 51.3 Å². The molecule has 0 heterocycles. The van der Waals surface area contributed by atoms with Crippen molar-refractivity contribution < 1.29 is 13.2 Å². The van der Waals surface area contributed by atoms with Crippen LogP contribution < -0.4 is 9.62 Å². The summed E-state index contributed by atoms with van der Waals surface area (Å²) in [6.07, 6.45) is 5.49. The highest BCUT2D eigenvalue weighted by Gasteiger charge is 2.20. The Hall–Kier alpha value is -1.56. The molecule has 0 aliphatic rings. The van der Waals surface area contributed by atoms with Crippen LogP contribution in [-0.4, -0.2) is 33.7 Å². The van der Waals surface area contributed by atoms with Crippen molar-refractivity contribution in [2.24, 2.45) is 5.92 Å². The Labute approximate surface area is 140 Å². The van der Waals surface area contributed by atoms with Crippen LogP contribution in [0.5, 0.6) is 0 Å². The summed E-state index contributed by atoms with van der Waals surface area (Å²) in [5, 5.41) is 2.87. The first-order chi connectivity index (χ1) is 10.9. The third-order valence-electron chi connectivity index (χ3n) is 3.86.